The van der Waals surface area contributed by atoms with Gasteiger partial charge in [0.2, 0.25) is 0 Å². The second-order valence-electron chi connectivity index (χ2n) is 3.56. The molecule has 15 heavy (non-hydrogen) atoms. The fraction of sp³-hybridized carbons (Fsp3) is 0.400. The van der Waals surface area contributed by atoms with Gasteiger partial charge in [-0.3, -0.25) is 0 Å². The van der Waals surface area contributed by atoms with E-state index in [2.05, 4.69) is 16.9 Å². The molecule has 2 heterocycles. The van der Waals surface area contributed by atoms with Crippen LogP contribution in [0.25, 0.3) is 11.4 Å². The maximum Gasteiger partial charge on any atom is 0.133 e. The third-order valence-corrected chi connectivity index (χ3v) is 2.61. The number of imidazole rings is 2. The summed E-state index contributed by atoms with van der Waals surface area (Å²) in [6, 6.07) is 0. The molecule has 0 radical (unpaired) electrons. The van der Waals surface area contributed by atoms with E-state index in [1.807, 2.05) is 23.2 Å². The summed E-state index contributed by atoms with van der Waals surface area (Å²) in [6.07, 6.45) is 4.39. The number of hydrogen-bond donors (Lipinski definition) is 1. The molecule has 0 saturated carbocycles. The first kappa shape index (κ1) is 9.76. The van der Waals surface area contributed by atoms with Crippen molar-refractivity contribution in [2.24, 2.45) is 14.1 Å². The fourth-order valence-corrected chi connectivity index (χ4v) is 1.65. The lowest BCUT2D eigenvalue weighted by Crippen LogP contribution is -2.00. The van der Waals surface area contributed by atoms with Gasteiger partial charge in [-0.25, -0.2) is 9.97 Å². The molecule has 5 heteroatoms. The Balaban J connectivity index is 2.59. The van der Waals surface area contributed by atoms with E-state index >= 15 is 0 Å². The van der Waals surface area contributed by atoms with Crippen molar-refractivity contribution in [3.8, 4) is 11.4 Å². The van der Waals surface area contributed by atoms with Crippen molar-refractivity contribution in [2.45, 2.75) is 13.3 Å². The van der Waals surface area contributed by atoms with Gasteiger partial charge in [0.05, 0.1) is 18.2 Å². The van der Waals surface area contributed by atoms with Gasteiger partial charge < -0.3 is 14.9 Å². The molecule has 0 aromatic carbocycles. The Kier molecular flexibility index (Phi) is 2.22. The highest BCUT2D eigenvalue weighted by molar-refractivity contribution is 5.67. The first-order valence-electron chi connectivity index (χ1n) is 4.93. The van der Waals surface area contributed by atoms with Crippen molar-refractivity contribution in [1.82, 2.24) is 19.1 Å². The largest absolute Gasteiger partial charge is 0.383 e. The van der Waals surface area contributed by atoms with Crippen molar-refractivity contribution < 1.29 is 0 Å². The summed E-state index contributed by atoms with van der Waals surface area (Å²) in [5, 5.41) is 0. The van der Waals surface area contributed by atoms with E-state index in [9.17, 15) is 0 Å². The van der Waals surface area contributed by atoms with Crippen molar-refractivity contribution in [3.63, 3.8) is 0 Å². The lowest BCUT2D eigenvalue weighted by molar-refractivity contribution is 0.815. The Hall–Kier alpha value is -1.78. The zero-order chi connectivity index (χ0) is 11.0. The highest BCUT2D eigenvalue weighted by Gasteiger charge is 2.14. The molecule has 0 aliphatic carbocycles. The van der Waals surface area contributed by atoms with Gasteiger partial charge in [0.1, 0.15) is 17.3 Å². The normalized spacial score (nSPS) is 10.9. The molecule has 2 aromatic rings. The van der Waals surface area contributed by atoms with Gasteiger partial charge in [-0.05, 0) is 0 Å². The van der Waals surface area contributed by atoms with Crippen LogP contribution in [-0.2, 0) is 20.5 Å². The van der Waals surface area contributed by atoms with E-state index in [1.54, 1.807) is 12.5 Å². The van der Waals surface area contributed by atoms with Gasteiger partial charge in [-0.2, -0.15) is 0 Å². The maximum absolute atomic E-state index is 6.00. The molecule has 2 N–H and O–H groups in total. The van der Waals surface area contributed by atoms with Crippen LogP contribution < -0.4 is 5.73 Å². The molecule has 2 rings (SSSR count). The standard InChI is InChI=1S/C10H15N5/c1-4-8-13-9(10(11)15(8)3)7-5-12-6-14(7)2/h5-6H,4,11H2,1-3H3. The first-order chi connectivity index (χ1) is 7.15. The predicted molar refractivity (Wildman–Crippen MR) is 59.2 cm³/mol. The molecule has 0 fully saturated rings. The van der Waals surface area contributed by atoms with Crippen LogP contribution in [0, 0.1) is 0 Å². The zero-order valence-corrected chi connectivity index (χ0v) is 9.23. The van der Waals surface area contributed by atoms with E-state index in [0.717, 1.165) is 23.6 Å². The summed E-state index contributed by atoms with van der Waals surface area (Å²) in [6.45, 7) is 2.06. The molecule has 0 bridgehead atoms. The van der Waals surface area contributed by atoms with Crippen molar-refractivity contribution in [1.29, 1.82) is 0 Å². The van der Waals surface area contributed by atoms with Crippen LogP contribution in [-0.4, -0.2) is 19.1 Å². The van der Waals surface area contributed by atoms with Crippen LogP contribution in [0.3, 0.4) is 0 Å². The van der Waals surface area contributed by atoms with Crippen LogP contribution >= 0.6 is 0 Å². The Morgan fingerprint density at radius 1 is 1.40 bits per heavy atom. The second-order valence-corrected chi connectivity index (χ2v) is 3.56. The summed E-state index contributed by atoms with van der Waals surface area (Å²) in [5.74, 6) is 1.68. The van der Waals surface area contributed by atoms with E-state index in [1.165, 1.54) is 0 Å². The molecule has 0 atom stereocenters. The summed E-state index contributed by atoms with van der Waals surface area (Å²) in [7, 11) is 3.86. The second kappa shape index (κ2) is 3.42. The van der Waals surface area contributed by atoms with Crippen LogP contribution in [0.5, 0.6) is 0 Å². The van der Waals surface area contributed by atoms with Crippen LogP contribution in [0.2, 0.25) is 0 Å². The summed E-state index contributed by atoms with van der Waals surface area (Å²) in [4.78, 5) is 8.57. The van der Waals surface area contributed by atoms with E-state index in [-0.39, 0.29) is 0 Å². The number of rotatable bonds is 2. The number of nitrogen functional groups attached to an aromatic ring is 1. The van der Waals surface area contributed by atoms with Crippen molar-refractivity contribution >= 4 is 5.82 Å². The molecule has 80 valence electrons. The highest BCUT2D eigenvalue weighted by atomic mass is 15.1. The monoisotopic (exact) mass is 205 g/mol. The van der Waals surface area contributed by atoms with E-state index in [4.69, 9.17) is 5.73 Å². The smallest absolute Gasteiger partial charge is 0.133 e. The summed E-state index contributed by atoms with van der Waals surface area (Å²) >= 11 is 0. The van der Waals surface area contributed by atoms with Gasteiger partial charge in [0.25, 0.3) is 0 Å². The fourth-order valence-electron chi connectivity index (χ4n) is 1.65. The Labute approximate surface area is 88.6 Å². The number of hydrogen-bond acceptors (Lipinski definition) is 3. The molecule has 0 aliphatic rings. The quantitative estimate of drug-likeness (QED) is 0.794. The van der Waals surface area contributed by atoms with Gasteiger partial charge >= 0.3 is 0 Å². The van der Waals surface area contributed by atoms with Crippen molar-refractivity contribution in [2.75, 3.05) is 5.73 Å². The van der Waals surface area contributed by atoms with Crippen LogP contribution in [0.4, 0.5) is 5.82 Å². The van der Waals surface area contributed by atoms with Crippen LogP contribution in [0.1, 0.15) is 12.7 Å². The van der Waals surface area contributed by atoms with Gasteiger partial charge in [-0.1, -0.05) is 6.92 Å². The summed E-state index contributed by atoms with van der Waals surface area (Å²) in [5.41, 5.74) is 7.76. The minimum atomic E-state index is 0.690. The number of nitrogens with two attached hydrogens (primary N) is 1. The molecule has 5 nitrogen and oxygen atoms in total. The SMILES string of the molecule is CCc1nc(-c2cncn2C)c(N)n1C. The third-order valence-electron chi connectivity index (χ3n) is 2.61. The highest BCUT2D eigenvalue weighted by Crippen LogP contribution is 2.24. The molecule has 0 aliphatic heterocycles. The van der Waals surface area contributed by atoms with Crippen molar-refractivity contribution in [3.05, 3.63) is 18.3 Å². The molecular formula is C10H15N5. The molecule has 0 saturated heterocycles. The Morgan fingerprint density at radius 3 is 2.60 bits per heavy atom. The maximum atomic E-state index is 6.00. The molecule has 0 spiro atoms. The summed E-state index contributed by atoms with van der Waals surface area (Å²) < 4.78 is 3.83. The molecular weight excluding hydrogens is 190 g/mol. The first-order valence-corrected chi connectivity index (χ1v) is 4.93. The van der Waals surface area contributed by atoms with Gasteiger partial charge in [-0.15, -0.1) is 0 Å². The number of aryl methyl sites for hydroxylation is 2. The number of nitrogens with zero attached hydrogens (tertiary/aromatic N) is 4. The molecule has 2 aromatic heterocycles. The Bertz CT molecular complexity index is 480. The lowest BCUT2D eigenvalue weighted by Gasteiger charge is -2.00. The predicted octanol–water partition coefficient (Wildman–Crippen LogP) is 0.965. The Morgan fingerprint density at radius 2 is 2.13 bits per heavy atom. The molecule has 0 amide bonds. The third kappa shape index (κ3) is 1.40. The molecule has 0 unspecified atom stereocenters. The average molecular weight is 205 g/mol. The number of aromatic nitrogens is 4. The average Bonchev–Trinajstić information content (AvgIpc) is 2.74. The number of anilines is 1. The van der Waals surface area contributed by atoms with E-state index < -0.39 is 0 Å². The van der Waals surface area contributed by atoms with Crippen LogP contribution in [0.15, 0.2) is 12.5 Å². The van der Waals surface area contributed by atoms with Gasteiger partial charge in [0.15, 0.2) is 0 Å². The minimum Gasteiger partial charge on any atom is -0.383 e. The minimum absolute atomic E-state index is 0.690. The van der Waals surface area contributed by atoms with Gasteiger partial charge in [0, 0.05) is 20.5 Å². The van der Waals surface area contributed by atoms with E-state index in [0.29, 0.717) is 5.82 Å². The zero-order valence-electron chi connectivity index (χ0n) is 9.23. The lowest BCUT2D eigenvalue weighted by atomic mass is 10.3. The topological polar surface area (TPSA) is 61.7 Å².